The number of aryl methyl sites for hydroxylation is 2. The van der Waals surface area contributed by atoms with Crippen LogP contribution in [0.15, 0.2) is 18.3 Å². The summed E-state index contributed by atoms with van der Waals surface area (Å²) in [6.07, 6.45) is 1.55. The number of aliphatic carboxylic acids is 1. The minimum absolute atomic E-state index is 0.223. The Labute approximate surface area is 160 Å². The van der Waals surface area contributed by atoms with Gasteiger partial charge < -0.3 is 19.7 Å². The fourth-order valence-electron chi connectivity index (χ4n) is 3.01. The van der Waals surface area contributed by atoms with Gasteiger partial charge in [0.15, 0.2) is 0 Å². The van der Waals surface area contributed by atoms with Crippen LogP contribution >= 0.6 is 0 Å². The normalized spacial score (nSPS) is 11.4. The summed E-state index contributed by atoms with van der Waals surface area (Å²) in [5.74, 6) is -0.870. The van der Waals surface area contributed by atoms with Gasteiger partial charge in [0.2, 0.25) is 0 Å². The van der Waals surface area contributed by atoms with E-state index in [1.807, 2.05) is 27.7 Å². The summed E-state index contributed by atoms with van der Waals surface area (Å²) in [5.41, 5.74) is 4.78. The predicted octanol–water partition coefficient (Wildman–Crippen LogP) is 4.43. The standard InChI is InChI=1S/C21H28N2O4/c1-12-8-13(2)15(4)19(14(12)3)23(11-18(24)25)17-9-16(10-22-17)20(26)27-21(5,6)7/h8-10,22H,11H2,1-7H3,(H,24,25). The number of carboxylic acids is 1. The largest absolute Gasteiger partial charge is 0.480 e. The predicted molar refractivity (Wildman–Crippen MR) is 106 cm³/mol. The van der Waals surface area contributed by atoms with Crippen LogP contribution in [-0.2, 0) is 9.53 Å². The van der Waals surface area contributed by atoms with E-state index in [1.54, 1.807) is 37.9 Å². The highest BCUT2D eigenvalue weighted by Gasteiger charge is 2.24. The third-order valence-electron chi connectivity index (χ3n) is 4.48. The molecule has 2 aromatic rings. The Kier molecular flexibility index (Phi) is 5.68. The Bertz CT molecular complexity index is 849. The Morgan fingerprint density at radius 3 is 2.11 bits per heavy atom. The van der Waals surface area contributed by atoms with E-state index in [-0.39, 0.29) is 6.54 Å². The monoisotopic (exact) mass is 372 g/mol. The summed E-state index contributed by atoms with van der Waals surface area (Å²) in [6, 6.07) is 3.72. The highest BCUT2D eigenvalue weighted by atomic mass is 16.6. The number of ether oxygens (including phenoxy) is 1. The van der Waals surface area contributed by atoms with E-state index in [0.717, 1.165) is 27.9 Å². The van der Waals surface area contributed by atoms with Gasteiger partial charge in [-0.1, -0.05) is 6.07 Å². The van der Waals surface area contributed by atoms with Gasteiger partial charge >= 0.3 is 11.9 Å². The van der Waals surface area contributed by atoms with Crippen molar-refractivity contribution in [1.29, 1.82) is 0 Å². The van der Waals surface area contributed by atoms with E-state index in [1.165, 1.54) is 0 Å². The van der Waals surface area contributed by atoms with Crippen molar-refractivity contribution in [2.45, 2.75) is 54.1 Å². The third-order valence-corrected chi connectivity index (χ3v) is 4.48. The fourth-order valence-corrected chi connectivity index (χ4v) is 3.01. The lowest BCUT2D eigenvalue weighted by Crippen LogP contribution is -2.27. The smallest absolute Gasteiger partial charge is 0.340 e. The molecule has 0 aliphatic rings. The minimum atomic E-state index is -0.957. The number of aromatic nitrogens is 1. The lowest BCUT2D eigenvalue weighted by Gasteiger charge is -2.27. The Balaban J connectivity index is 2.51. The van der Waals surface area contributed by atoms with Crippen molar-refractivity contribution in [2.24, 2.45) is 0 Å². The Hall–Kier alpha value is -2.76. The molecule has 0 amide bonds. The molecule has 0 bridgehead atoms. The minimum Gasteiger partial charge on any atom is -0.480 e. The molecule has 0 aliphatic heterocycles. The molecule has 0 saturated heterocycles. The van der Waals surface area contributed by atoms with Crippen LogP contribution in [0.5, 0.6) is 0 Å². The molecule has 0 radical (unpaired) electrons. The number of nitrogens with zero attached hydrogens (tertiary/aromatic N) is 1. The van der Waals surface area contributed by atoms with Gasteiger partial charge in [0, 0.05) is 11.9 Å². The summed E-state index contributed by atoms with van der Waals surface area (Å²) in [6.45, 7) is 13.1. The number of nitrogens with one attached hydrogen (secondary N) is 1. The first kappa shape index (κ1) is 20.6. The first-order valence-corrected chi connectivity index (χ1v) is 8.89. The fraction of sp³-hybridized carbons (Fsp3) is 0.429. The zero-order valence-electron chi connectivity index (χ0n) is 17.1. The maximum atomic E-state index is 12.3. The van der Waals surface area contributed by atoms with Gasteiger partial charge in [-0.15, -0.1) is 0 Å². The van der Waals surface area contributed by atoms with Gasteiger partial charge in [-0.2, -0.15) is 0 Å². The second-order valence-corrected chi connectivity index (χ2v) is 7.86. The number of carbonyl (C=O) groups is 2. The van der Waals surface area contributed by atoms with Crippen LogP contribution in [0, 0.1) is 27.7 Å². The maximum absolute atomic E-state index is 12.3. The number of carboxylic acid groups (broad SMARTS) is 1. The lowest BCUT2D eigenvalue weighted by atomic mass is 9.97. The van der Waals surface area contributed by atoms with E-state index in [2.05, 4.69) is 11.1 Å². The molecule has 2 rings (SSSR count). The molecule has 146 valence electrons. The van der Waals surface area contributed by atoms with E-state index in [4.69, 9.17) is 4.74 Å². The van der Waals surface area contributed by atoms with E-state index < -0.39 is 17.5 Å². The summed E-state index contributed by atoms with van der Waals surface area (Å²) in [5, 5.41) is 9.45. The topological polar surface area (TPSA) is 82.6 Å². The Morgan fingerprint density at radius 1 is 1.07 bits per heavy atom. The van der Waals surface area contributed by atoms with Crippen molar-refractivity contribution < 1.29 is 19.4 Å². The first-order valence-electron chi connectivity index (χ1n) is 8.89. The van der Waals surface area contributed by atoms with Gasteiger partial charge in [0.25, 0.3) is 0 Å². The average Bonchev–Trinajstić information content (AvgIpc) is 3.00. The molecule has 0 saturated carbocycles. The number of H-pyrrole nitrogens is 1. The van der Waals surface area contributed by atoms with Crippen LogP contribution in [0.25, 0.3) is 0 Å². The molecule has 1 aromatic carbocycles. The molecule has 0 unspecified atom stereocenters. The van der Waals surface area contributed by atoms with Crippen LogP contribution in [0.2, 0.25) is 0 Å². The molecule has 0 aliphatic carbocycles. The molecule has 0 fully saturated rings. The second-order valence-electron chi connectivity index (χ2n) is 7.86. The highest BCUT2D eigenvalue weighted by Crippen LogP contribution is 2.34. The molecule has 1 aromatic heterocycles. The number of rotatable bonds is 5. The maximum Gasteiger partial charge on any atom is 0.340 e. The number of benzene rings is 1. The molecule has 2 N–H and O–H groups in total. The second kappa shape index (κ2) is 7.47. The lowest BCUT2D eigenvalue weighted by molar-refractivity contribution is -0.135. The quantitative estimate of drug-likeness (QED) is 0.759. The summed E-state index contributed by atoms with van der Waals surface area (Å²) in [4.78, 5) is 28.6. The van der Waals surface area contributed by atoms with Gasteiger partial charge in [0.1, 0.15) is 18.0 Å². The van der Waals surface area contributed by atoms with Crippen LogP contribution in [0.4, 0.5) is 11.5 Å². The van der Waals surface area contributed by atoms with Crippen molar-refractivity contribution >= 4 is 23.4 Å². The molecule has 0 atom stereocenters. The van der Waals surface area contributed by atoms with E-state index in [0.29, 0.717) is 11.4 Å². The Morgan fingerprint density at radius 2 is 1.63 bits per heavy atom. The molecule has 0 spiro atoms. The number of hydrogen-bond acceptors (Lipinski definition) is 4. The first-order chi connectivity index (χ1) is 12.4. The summed E-state index contributed by atoms with van der Waals surface area (Å²) >= 11 is 0. The molecule has 6 nitrogen and oxygen atoms in total. The third kappa shape index (κ3) is 4.70. The number of hydrogen-bond donors (Lipinski definition) is 2. The molecule has 27 heavy (non-hydrogen) atoms. The van der Waals surface area contributed by atoms with Crippen LogP contribution in [0.3, 0.4) is 0 Å². The molecule has 1 heterocycles. The SMILES string of the molecule is Cc1cc(C)c(C)c(N(CC(=O)O)c2cc(C(=O)OC(C)(C)C)c[nH]2)c1C. The number of aromatic amines is 1. The van der Waals surface area contributed by atoms with Crippen LogP contribution < -0.4 is 4.90 Å². The van der Waals surface area contributed by atoms with Gasteiger partial charge in [0.05, 0.1) is 5.56 Å². The number of esters is 1. The molecule has 6 heteroatoms. The highest BCUT2D eigenvalue weighted by molar-refractivity contribution is 5.91. The van der Waals surface area contributed by atoms with Crippen molar-refractivity contribution in [3.05, 3.63) is 46.1 Å². The number of anilines is 2. The summed E-state index contributed by atoms with van der Waals surface area (Å²) in [7, 11) is 0. The number of carbonyl (C=O) groups excluding carboxylic acids is 1. The van der Waals surface area contributed by atoms with Crippen molar-refractivity contribution in [1.82, 2.24) is 4.98 Å². The van der Waals surface area contributed by atoms with Gasteiger partial charge in [-0.3, -0.25) is 4.79 Å². The van der Waals surface area contributed by atoms with Crippen molar-refractivity contribution in [3.8, 4) is 0 Å². The van der Waals surface area contributed by atoms with Crippen LogP contribution in [-0.4, -0.2) is 34.2 Å². The zero-order chi connectivity index (χ0) is 20.5. The van der Waals surface area contributed by atoms with Crippen LogP contribution in [0.1, 0.15) is 53.4 Å². The van der Waals surface area contributed by atoms with Gasteiger partial charge in [-0.05, 0) is 76.8 Å². The van der Waals surface area contributed by atoms with Crippen molar-refractivity contribution in [2.75, 3.05) is 11.4 Å². The molecular formula is C21H28N2O4. The van der Waals surface area contributed by atoms with Crippen molar-refractivity contribution in [3.63, 3.8) is 0 Å². The average molecular weight is 372 g/mol. The summed E-state index contributed by atoms with van der Waals surface area (Å²) < 4.78 is 5.40. The molecular weight excluding hydrogens is 344 g/mol. The van der Waals surface area contributed by atoms with E-state index >= 15 is 0 Å². The van der Waals surface area contributed by atoms with Gasteiger partial charge in [-0.25, -0.2) is 4.79 Å². The zero-order valence-corrected chi connectivity index (χ0v) is 17.1. The van der Waals surface area contributed by atoms with E-state index in [9.17, 15) is 14.7 Å².